The molecule has 134 valence electrons. The van der Waals surface area contributed by atoms with Crippen molar-refractivity contribution in [2.24, 2.45) is 5.92 Å². The predicted molar refractivity (Wildman–Crippen MR) is 96.6 cm³/mol. The van der Waals surface area contributed by atoms with Crippen molar-refractivity contribution in [3.8, 4) is 5.82 Å². The fourth-order valence-corrected chi connectivity index (χ4v) is 3.64. The molecule has 0 bridgehead atoms. The van der Waals surface area contributed by atoms with Gasteiger partial charge in [0.25, 0.3) is 11.5 Å². The summed E-state index contributed by atoms with van der Waals surface area (Å²) in [4.78, 5) is 30.2. The van der Waals surface area contributed by atoms with Crippen LogP contribution < -0.4 is 5.56 Å². The van der Waals surface area contributed by atoms with E-state index in [1.807, 2.05) is 19.9 Å². The third kappa shape index (κ3) is 3.05. The van der Waals surface area contributed by atoms with E-state index in [9.17, 15) is 9.59 Å². The van der Waals surface area contributed by atoms with Crippen LogP contribution in [0.2, 0.25) is 0 Å². The lowest BCUT2D eigenvalue weighted by molar-refractivity contribution is 0.0453. The molecule has 1 saturated heterocycles. The number of amides is 1. The van der Waals surface area contributed by atoms with Gasteiger partial charge in [-0.1, -0.05) is 0 Å². The van der Waals surface area contributed by atoms with Crippen LogP contribution in [0.1, 0.15) is 21.9 Å². The Morgan fingerprint density at radius 3 is 2.73 bits per heavy atom. The fourth-order valence-electron chi connectivity index (χ4n) is 3.12. The van der Waals surface area contributed by atoms with E-state index in [0.29, 0.717) is 31.1 Å². The molecule has 0 unspecified atom stereocenters. The maximum absolute atomic E-state index is 12.2. The van der Waals surface area contributed by atoms with Crippen LogP contribution in [0.5, 0.6) is 0 Å². The van der Waals surface area contributed by atoms with E-state index in [0.717, 1.165) is 11.4 Å². The highest BCUT2D eigenvalue weighted by atomic mass is 32.1. The average Bonchev–Trinajstić information content (AvgIpc) is 3.21. The molecule has 3 aromatic rings. The summed E-state index contributed by atoms with van der Waals surface area (Å²) in [6.45, 7) is 5.56. The largest absolute Gasteiger partial charge is 0.336 e. The minimum Gasteiger partial charge on any atom is -0.336 e. The van der Waals surface area contributed by atoms with Crippen molar-refractivity contribution in [2.45, 2.75) is 20.4 Å². The van der Waals surface area contributed by atoms with Gasteiger partial charge in [0.1, 0.15) is 5.69 Å². The second-order valence-electron chi connectivity index (χ2n) is 6.50. The minimum absolute atomic E-state index is 0.0563. The number of nitrogens with zero attached hydrogens (tertiary/aromatic N) is 6. The Morgan fingerprint density at radius 1 is 1.27 bits per heavy atom. The number of rotatable bonds is 4. The van der Waals surface area contributed by atoms with Gasteiger partial charge in [-0.05, 0) is 26.0 Å². The number of aryl methyl sites for hydroxylation is 2. The topological polar surface area (TPSA) is 85.9 Å². The van der Waals surface area contributed by atoms with Crippen LogP contribution in [0, 0.1) is 19.8 Å². The maximum atomic E-state index is 12.2. The summed E-state index contributed by atoms with van der Waals surface area (Å²) in [5.74, 6) is 0.766. The quantitative estimate of drug-likeness (QED) is 0.690. The Morgan fingerprint density at radius 2 is 2.08 bits per heavy atom. The number of hydrogen-bond acceptors (Lipinski definition) is 6. The van der Waals surface area contributed by atoms with Crippen molar-refractivity contribution >= 4 is 17.2 Å². The standard InChI is InChI=1S/C17H18N6O2S/c1-11-5-12(2)23(19-11)15-3-4-16(24)22(20-15)8-13-6-21(7-13)17(25)14-9-26-10-18-14/h3-5,9-10,13H,6-8H2,1-2H3. The Labute approximate surface area is 153 Å². The van der Waals surface area contributed by atoms with Crippen LogP contribution >= 0.6 is 11.3 Å². The van der Waals surface area contributed by atoms with Gasteiger partial charge in [0, 0.05) is 36.1 Å². The molecular weight excluding hydrogens is 352 g/mol. The van der Waals surface area contributed by atoms with E-state index in [-0.39, 0.29) is 17.4 Å². The summed E-state index contributed by atoms with van der Waals surface area (Å²) in [6.07, 6.45) is 0. The molecule has 4 heterocycles. The third-order valence-corrected chi connectivity index (χ3v) is 4.99. The monoisotopic (exact) mass is 370 g/mol. The number of hydrogen-bond donors (Lipinski definition) is 0. The highest BCUT2D eigenvalue weighted by Crippen LogP contribution is 2.20. The number of likely N-dealkylation sites (tertiary alicyclic amines) is 1. The van der Waals surface area contributed by atoms with Crippen LogP contribution in [0.15, 0.2) is 33.9 Å². The summed E-state index contributed by atoms with van der Waals surface area (Å²) in [7, 11) is 0. The Kier molecular flexibility index (Phi) is 4.15. The molecule has 0 radical (unpaired) electrons. The molecule has 9 heteroatoms. The first-order valence-electron chi connectivity index (χ1n) is 8.30. The Hall–Kier alpha value is -2.81. The summed E-state index contributed by atoms with van der Waals surface area (Å²) in [5.41, 5.74) is 3.84. The Bertz CT molecular complexity index is 1000. The van der Waals surface area contributed by atoms with E-state index >= 15 is 0 Å². The smallest absolute Gasteiger partial charge is 0.273 e. The molecule has 26 heavy (non-hydrogen) atoms. The number of thiazole rings is 1. The molecule has 1 fully saturated rings. The molecule has 3 aromatic heterocycles. The normalized spacial score (nSPS) is 14.5. The first-order valence-corrected chi connectivity index (χ1v) is 9.25. The van der Waals surface area contributed by atoms with Crippen LogP contribution in [0.25, 0.3) is 5.82 Å². The molecule has 0 aromatic carbocycles. The SMILES string of the molecule is Cc1cc(C)n(-c2ccc(=O)n(CC3CN(C(=O)c4cscn4)C3)n2)n1. The van der Waals surface area contributed by atoms with Gasteiger partial charge in [-0.15, -0.1) is 16.4 Å². The lowest BCUT2D eigenvalue weighted by atomic mass is 10.00. The van der Waals surface area contributed by atoms with Gasteiger partial charge in [0.15, 0.2) is 5.82 Å². The van der Waals surface area contributed by atoms with E-state index in [1.165, 1.54) is 22.1 Å². The fraction of sp³-hybridized carbons (Fsp3) is 0.353. The number of aromatic nitrogens is 5. The van der Waals surface area contributed by atoms with Gasteiger partial charge < -0.3 is 4.90 Å². The third-order valence-electron chi connectivity index (χ3n) is 4.41. The first-order chi connectivity index (χ1) is 12.5. The lowest BCUT2D eigenvalue weighted by Gasteiger charge is -2.38. The average molecular weight is 370 g/mol. The maximum Gasteiger partial charge on any atom is 0.273 e. The summed E-state index contributed by atoms with van der Waals surface area (Å²) in [5, 5.41) is 10.6. The zero-order valence-corrected chi connectivity index (χ0v) is 15.3. The molecule has 1 aliphatic rings. The molecular formula is C17H18N6O2S. The van der Waals surface area contributed by atoms with Crippen LogP contribution in [0.3, 0.4) is 0 Å². The van der Waals surface area contributed by atoms with Crippen LogP contribution in [0.4, 0.5) is 0 Å². The van der Waals surface area contributed by atoms with Gasteiger partial charge in [-0.25, -0.2) is 14.3 Å². The van der Waals surface area contributed by atoms with Gasteiger partial charge in [0.2, 0.25) is 0 Å². The molecule has 8 nitrogen and oxygen atoms in total. The highest BCUT2D eigenvalue weighted by molar-refractivity contribution is 7.07. The second-order valence-corrected chi connectivity index (χ2v) is 7.22. The molecule has 1 aliphatic heterocycles. The molecule has 1 amide bonds. The Balaban J connectivity index is 1.46. The summed E-state index contributed by atoms with van der Waals surface area (Å²) in [6, 6.07) is 5.15. The molecule has 0 atom stereocenters. The number of carbonyl (C=O) groups excluding carboxylic acids is 1. The van der Waals surface area contributed by atoms with Crippen molar-refractivity contribution in [1.82, 2.24) is 29.4 Å². The zero-order chi connectivity index (χ0) is 18.3. The van der Waals surface area contributed by atoms with Gasteiger partial charge in [-0.2, -0.15) is 5.10 Å². The molecule has 0 saturated carbocycles. The highest BCUT2D eigenvalue weighted by Gasteiger charge is 2.32. The van der Waals surface area contributed by atoms with E-state index in [1.54, 1.807) is 26.5 Å². The summed E-state index contributed by atoms with van der Waals surface area (Å²) < 4.78 is 3.19. The van der Waals surface area contributed by atoms with Gasteiger partial charge in [-0.3, -0.25) is 9.59 Å². The van der Waals surface area contributed by atoms with Gasteiger partial charge in [0.05, 0.1) is 17.7 Å². The predicted octanol–water partition coefficient (Wildman–Crippen LogP) is 1.27. The summed E-state index contributed by atoms with van der Waals surface area (Å²) >= 11 is 1.41. The van der Waals surface area contributed by atoms with Crippen LogP contribution in [-0.4, -0.2) is 48.4 Å². The van der Waals surface area contributed by atoms with E-state index in [4.69, 9.17) is 0 Å². The molecule has 0 spiro atoms. The van der Waals surface area contributed by atoms with Crippen molar-refractivity contribution in [3.05, 3.63) is 56.5 Å². The lowest BCUT2D eigenvalue weighted by Crippen LogP contribution is -2.52. The van der Waals surface area contributed by atoms with Crippen LogP contribution in [-0.2, 0) is 6.54 Å². The van der Waals surface area contributed by atoms with Crippen molar-refractivity contribution in [3.63, 3.8) is 0 Å². The van der Waals surface area contributed by atoms with E-state index in [2.05, 4.69) is 15.2 Å². The zero-order valence-electron chi connectivity index (χ0n) is 14.5. The molecule has 4 rings (SSSR count). The minimum atomic E-state index is -0.153. The van der Waals surface area contributed by atoms with Crippen molar-refractivity contribution in [2.75, 3.05) is 13.1 Å². The molecule has 0 N–H and O–H groups in total. The van der Waals surface area contributed by atoms with E-state index < -0.39 is 0 Å². The van der Waals surface area contributed by atoms with Gasteiger partial charge >= 0.3 is 0 Å². The molecule has 0 aliphatic carbocycles. The number of carbonyl (C=O) groups is 1. The first kappa shape index (κ1) is 16.6. The van der Waals surface area contributed by atoms with Crippen molar-refractivity contribution in [1.29, 1.82) is 0 Å². The van der Waals surface area contributed by atoms with Crippen molar-refractivity contribution < 1.29 is 4.79 Å². The second kappa shape index (κ2) is 6.49.